The minimum atomic E-state index is -0.759. The number of rotatable bonds is 4. The second kappa shape index (κ2) is 5.59. The minimum absolute atomic E-state index is 0.292. The molecule has 1 N–H and O–H groups in total. The zero-order valence-electron chi connectivity index (χ0n) is 10.6. The van der Waals surface area contributed by atoms with Gasteiger partial charge in [-0.3, -0.25) is 0 Å². The first kappa shape index (κ1) is 13.2. The molecule has 0 aliphatic carbocycles. The summed E-state index contributed by atoms with van der Waals surface area (Å²) < 4.78 is 5.21. The largest absolute Gasteiger partial charge is 0.447 e. The monoisotopic (exact) mass is 264 g/mol. The first-order valence-corrected chi connectivity index (χ1v) is 6.46. The highest BCUT2D eigenvalue weighted by Gasteiger charge is 2.14. The van der Waals surface area contributed by atoms with Crippen molar-refractivity contribution in [3.8, 4) is 0 Å². The molecule has 0 saturated heterocycles. The van der Waals surface area contributed by atoms with E-state index in [9.17, 15) is 5.11 Å². The van der Waals surface area contributed by atoms with Crippen LogP contribution in [0.2, 0.25) is 5.22 Å². The van der Waals surface area contributed by atoms with Crippen LogP contribution in [0.3, 0.4) is 0 Å². The molecular formula is C15H17ClO2. The summed E-state index contributed by atoms with van der Waals surface area (Å²) in [6.07, 6.45) is 0.286. The summed E-state index contributed by atoms with van der Waals surface area (Å²) in [4.78, 5) is 0. The maximum Gasteiger partial charge on any atom is 0.193 e. The van der Waals surface area contributed by atoms with Crippen LogP contribution in [0.5, 0.6) is 0 Å². The third kappa shape index (κ3) is 3.15. The Morgan fingerprint density at radius 2 is 1.78 bits per heavy atom. The van der Waals surface area contributed by atoms with Crippen molar-refractivity contribution in [2.45, 2.75) is 26.4 Å². The van der Waals surface area contributed by atoms with Gasteiger partial charge < -0.3 is 9.52 Å². The van der Waals surface area contributed by atoms with Crippen LogP contribution in [0.1, 0.15) is 36.8 Å². The lowest BCUT2D eigenvalue weighted by atomic mass is 10.00. The topological polar surface area (TPSA) is 33.4 Å². The molecule has 1 heterocycles. The van der Waals surface area contributed by atoms with Gasteiger partial charge in [-0.05, 0) is 47.2 Å². The van der Waals surface area contributed by atoms with Gasteiger partial charge in [0, 0.05) is 0 Å². The van der Waals surface area contributed by atoms with Crippen molar-refractivity contribution in [3.05, 3.63) is 58.5 Å². The number of hydrogen-bond donors (Lipinski definition) is 1. The molecule has 96 valence electrons. The molecule has 0 bridgehead atoms. The third-order valence-corrected chi connectivity index (χ3v) is 3.01. The number of hydrogen-bond acceptors (Lipinski definition) is 2. The lowest BCUT2D eigenvalue weighted by molar-refractivity contribution is 0.189. The molecule has 0 amide bonds. The molecule has 2 rings (SSSR count). The van der Waals surface area contributed by atoms with E-state index < -0.39 is 6.10 Å². The van der Waals surface area contributed by atoms with Crippen molar-refractivity contribution < 1.29 is 9.52 Å². The number of halogens is 1. The van der Waals surface area contributed by atoms with E-state index in [0.29, 0.717) is 16.9 Å². The highest BCUT2D eigenvalue weighted by Crippen LogP contribution is 2.26. The molecule has 3 heteroatoms. The molecule has 1 aromatic carbocycles. The molecular weight excluding hydrogens is 248 g/mol. The fraction of sp³-hybridized carbons (Fsp3) is 0.333. The summed E-state index contributed by atoms with van der Waals surface area (Å²) in [5.74, 6) is 1.10. The van der Waals surface area contributed by atoms with E-state index in [0.717, 1.165) is 12.0 Å². The number of furan rings is 1. The van der Waals surface area contributed by atoms with Crippen molar-refractivity contribution in [3.63, 3.8) is 0 Å². The van der Waals surface area contributed by atoms with Crippen molar-refractivity contribution in [1.29, 1.82) is 0 Å². The molecule has 0 fully saturated rings. The predicted octanol–water partition coefficient (Wildman–Crippen LogP) is 4.21. The first-order valence-electron chi connectivity index (χ1n) is 6.08. The quantitative estimate of drug-likeness (QED) is 0.897. The van der Waals surface area contributed by atoms with Crippen LogP contribution in [0.15, 0.2) is 40.8 Å². The Balaban J connectivity index is 2.14. The van der Waals surface area contributed by atoms with E-state index in [1.807, 2.05) is 24.3 Å². The molecule has 0 spiro atoms. The fourth-order valence-corrected chi connectivity index (χ4v) is 2.10. The molecule has 2 nitrogen and oxygen atoms in total. The van der Waals surface area contributed by atoms with E-state index in [4.69, 9.17) is 16.0 Å². The molecule has 0 radical (unpaired) electrons. The van der Waals surface area contributed by atoms with Gasteiger partial charge in [0.05, 0.1) is 0 Å². The molecule has 1 unspecified atom stereocenters. The van der Waals surface area contributed by atoms with E-state index in [2.05, 4.69) is 13.8 Å². The van der Waals surface area contributed by atoms with Gasteiger partial charge in [0.2, 0.25) is 0 Å². The maximum absolute atomic E-state index is 10.1. The molecule has 1 aromatic heterocycles. The van der Waals surface area contributed by atoms with Gasteiger partial charge in [-0.25, -0.2) is 0 Å². The van der Waals surface area contributed by atoms with E-state index in [-0.39, 0.29) is 0 Å². The summed E-state index contributed by atoms with van der Waals surface area (Å²) in [5.41, 5.74) is 2.09. The SMILES string of the molecule is CC(C)Cc1ccc(C(O)c2ccc(Cl)o2)cc1. The summed E-state index contributed by atoms with van der Waals surface area (Å²) in [5, 5.41) is 10.4. The smallest absolute Gasteiger partial charge is 0.193 e. The average Bonchev–Trinajstić information content (AvgIpc) is 2.75. The highest BCUT2D eigenvalue weighted by molar-refractivity contribution is 6.28. The van der Waals surface area contributed by atoms with Crippen LogP contribution < -0.4 is 0 Å². The van der Waals surface area contributed by atoms with E-state index in [1.54, 1.807) is 12.1 Å². The van der Waals surface area contributed by atoms with Gasteiger partial charge in [0.1, 0.15) is 11.9 Å². The standard InChI is InChI=1S/C15H17ClO2/c1-10(2)9-11-3-5-12(6-4-11)15(17)13-7-8-14(16)18-13/h3-8,10,15,17H,9H2,1-2H3. The van der Waals surface area contributed by atoms with Crippen molar-refractivity contribution >= 4 is 11.6 Å². The Morgan fingerprint density at radius 3 is 2.28 bits per heavy atom. The number of aliphatic hydroxyl groups excluding tert-OH is 1. The van der Waals surface area contributed by atoms with E-state index in [1.165, 1.54) is 5.56 Å². The normalized spacial score (nSPS) is 12.9. The molecule has 0 saturated carbocycles. The van der Waals surface area contributed by atoms with Crippen LogP contribution in [0.25, 0.3) is 0 Å². The highest BCUT2D eigenvalue weighted by atomic mass is 35.5. The molecule has 18 heavy (non-hydrogen) atoms. The Hall–Kier alpha value is -1.25. The zero-order chi connectivity index (χ0) is 13.1. The number of benzene rings is 1. The molecule has 0 aliphatic heterocycles. The van der Waals surface area contributed by atoms with Gasteiger partial charge in [-0.2, -0.15) is 0 Å². The second-order valence-electron chi connectivity index (χ2n) is 4.88. The third-order valence-electron chi connectivity index (χ3n) is 2.80. The first-order chi connectivity index (χ1) is 8.56. The molecule has 1 atom stereocenters. The average molecular weight is 265 g/mol. The maximum atomic E-state index is 10.1. The minimum Gasteiger partial charge on any atom is -0.447 e. The van der Waals surface area contributed by atoms with Gasteiger partial charge in [0.15, 0.2) is 5.22 Å². The van der Waals surface area contributed by atoms with Crippen molar-refractivity contribution in [2.75, 3.05) is 0 Å². The van der Waals surface area contributed by atoms with Crippen LogP contribution >= 0.6 is 11.6 Å². The van der Waals surface area contributed by atoms with Gasteiger partial charge in [0.25, 0.3) is 0 Å². The molecule has 0 aliphatic rings. The Bertz CT molecular complexity index is 499. The lowest BCUT2D eigenvalue weighted by Gasteiger charge is -2.10. The Morgan fingerprint density at radius 1 is 1.11 bits per heavy atom. The second-order valence-corrected chi connectivity index (χ2v) is 5.26. The predicted molar refractivity (Wildman–Crippen MR) is 72.8 cm³/mol. The molecule has 2 aromatic rings. The van der Waals surface area contributed by atoms with Crippen LogP contribution in [0, 0.1) is 5.92 Å². The summed E-state index contributed by atoms with van der Waals surface area (Å²) >= 11 is 5.70. The summed E-state index contributed by atoms with van der Waals surface area (Å²) in [6, 6.07) is 11.3. The van der Waals surface area contributed by atoms with Crippen LogP contribution in [-0.2, 0) is 6.42 Å². The Kier molecular flexibility index (Phi) is 4.10. The van der Waals surface area contributed by atoms with Crippen LogP contribution in [-0.4, -0.2) is 5.11 Å². The summed E-state index contributed by atoms with van der Waals surface area (Å²) in [6.45, 7) is 4.38. The summed E-state index contributed by atoms with van der Waals surface area (Å²) in [7, 11) is 0. The van der Waals surface area contributed by atoms with Gasteiger partial charge in [-0.15, -0.1) is 0 Å². The van der Waals surface area contributed by atoms with Gasteiger partial charge >= 0.3 is 0 Å². The van der Waals surface area contributed by atoms with Crippen LogP contribution in [0.4, 0.5) is 0 Å². The van der Waals surface area contributed by atoms with Crippen molar-refractivity contribution in [2.24, 2.45) is 5.92 Å². The fourth-order valence-electron chi connectivity index (χ4n) is 1.95. The van der Waals surface area contributed by atoms with E-state index >= 15 is 0 Å². The van der Waals surface area contributed by atoms with Gasteiger partial charge in [-0.1, -0.05) is 38.1 Å². The number of aliphatic hydroxyl groups is 1. The van der Waals surface area contributed by atoms with Crippen molar-refractivity contribution in [1.82, 2.24) is 0 Å². The lowest BCUT2D eigenvalue weighted by Crippen LogP contribution is -1.99. The zero-order valence-corrected chi connectivity index (χ0v) is 11.3. The Labute approximate surface area is 112 Å².